The summed E-state index contributed by atoms with van der Waals surface area (Å²) >= 11 is 0. The standard InChI is InChI=1S/C11H13N3O2/c1-2-10-13-8-4-3-7(5-9(8)14-10)12-6-11(15)16/h3-5,12H,2,6H2,1H3,(H,13,14)(H,15,16). The van der Waals surface area contributed by atoms with Gasteiger partial charge in [-0.25, -0.2) is 4.98 Å². The van der Waals surface area contributed by atoms with Gasteiger partial charge in [-0.3, -0.25) is 4.79 Å². The van der Waals surface area contributed by atoms with Gasteiger partial charge in [-0.2, -0.15) is 0 Å². The zero-order valence-corrected chi connectivity index (χ0v) is 8.95. The van der Waals surface area contributed by atoms with E-state index in [1.165, 1.54) is 0 Å². The third kappa shape index (κ3) is 2.13. The van der Waals surface area contributed by atoms with Gasteiger partial charge in [-0.05, 0) is 18.2 Å². The van der Waals surface area contributed by atoms with Gasteiger partial charge in [0.2, 0.25) is 0 Å². The summed E-state index contributed by atoms with van der Waals surface area (Å²) in [6, 6.07) is 5.56. The molecule has 0 aliphatic heterocycles. The molecule has 0 atom stereocenters. The summed E-state index contributed by atoms with van der Waals surface area (Å²) in [4.78, 5) is 17.9. The van der Waals surface area contributed by atoms with Gasteiger partial charge in [0, 0.05) is 12.1 Å². The van der Waals surface area contributed by atoms with Gasteiger partial charge in [0.25, 0.3) is 0 Å². The van der Waals surface area contributed by atoms with E-state index in [9.17, 15) is 4.79 Å². The van der Waals surface area contributed by atoms with Crippen molar-refractivity contribution in [2.45, 2.75) is 13.3 Å². The number of hydrogen-bond donors (Lipinski definition) is 3. The van der Waals surface area contributed by atoms with Gasteiger partial charge < -0.3 is 15.4 Å². The first-order valence-corrected chi connectivity index (χ1v) is 5.13. The first-order chi connectivity index (χ1) is 7.69. The minimum Gasteiger partial charge on any atom is -0.480 e. The maximum Gasteiger partial charge on any atom is 0.322 e. The summed E-state index contributed by atoms with van der Waals surface area (Å²) in [5, 5.41) is 11.4. The molecule has 0 spiro atoms. The van der Waals surface area contributed by atoms with Crippen LogP contribution in [0.5, 0.6) is 0 Å². The number of anilines is 1. The number of carbonyl (C=O) groups is 1. The van der Waals surface area contributed by atoms with E-state index in [1.54, 1.807) is 0 Å². The van der Waals surface area contributed by atoms with Gasteiger partial charge in [0.1, 0.15) is 12.4 Å². The highest BCUT2D eigenvalue weighted by Gasteiger charge is 2.03. The molecule has 2 rings (SSSR count). The molecule has 0 radical (unpaired) electrons. The van der Waals surface area contributed by atoms with Crippen LogP contribution in [-0.2, 0) is 11.2 Å². The molecule has 0 unspecified atom stereocenters. The Kier molecular flexibility index (Phi) is 2.76. The fourth-order valence-corrected chi connectivity index (χ4v) is 1.52. The summed E-state index contributed by atoms with van der Waals surface area (Å²) in [6.45, 7) is 1.95. The van der Waals surface area contributed by atoms with Crippen LogP contribution in [-0.4, -0.2) is 27.6 Å². The molecule has 0 saturated carbocycles. The van der Waals surface area contributed by atoms with E-state index in [1.807, 2.05) is 25.1 Å². The number of hydrogen-bond acceptors (Lipinski definition) is 3. The molecule has 0 aliphatic rings. The number of aryl methyl sites for hydroxylation is 1. The van der Waals surface area contributed by atoms with E-state index in [0.29, 0.717) is 0 Å². The molecule has 5 nitrogen and oxygen atoms in total. The number of nitrogens with one attached hydrogen (secondary N) is 2. The van der Waals surface area contributed by atoms with Crippen LogP contribution in [0.15, 0.2) is 18.2 Å². The molecule has 0 saturated heterocycles. The molecule has 16 heavy (non-hydrogen) atoms. The maximum absolute atomic E-state index is 10.4. The minimum atomic E-state index is -0.876. The van der Waals surface area contributed by atoms with Gasteiger partial charge >= 0.3 is 5.97 Å². The molecule has 0 aliphatic carbocycles. The lowest BCUT2D eigenvalue weighted by molar-refractivity contribution is -0.134. The predicted octanol–water partition coefficient (Wildman–Crippen LogP) is 1.62. The third-order valence-electron chi connectivity index (χ3n) is 2.31. The topological polar surface area (TPSA) is 78.0 Å². The fraction of sp³-hybridized carbons (Fsp3) is 0.273. The Labute approximate surface area is 92.5 Å². The number of carboxylic acids is 1. The molecular weight excluding hydrogens is 206 g/mol. The Morgan fingerprint density at radius 1 is 1.56 bits per heavy atom. The first-order valence-electron chi connectivity index (χ1n) is 5.13. The second kappa shape index (κ2) is 4.22. The van der Waals surface area contributed by atoms with Crippen LogP contribution >= 0.6 is 0 Å². The van der Waals surface area contributed by atoms with Crippen LogP contribution in [0.4, 0.5) is 5.69 Å². The number of aromatic nitrogens is 2. The number of imidazole rings is 1. The van der Waals surface area contributed by atoms with Crippen molar-refractivity contribution in [2.24, 2.45) is 0 Å². The highest BCUT2D eigenvalue weighted by Crippen LogP contribution is 2.17. The van der Waals surface area contributed by atoms with Gasteiger partial charge in [-0.1, -0.05) is 6.92 Å². The normalized spacial score (nSPS) is 10.6. The van der Waals surface area contributed by atoms with E-state index >= 15 is 0 Å². The minimum absolute atomic E-state index is 0.0831. The number of H-pyrrole nitrogens is 1. The van der Waals surface area contributed by atoms with E-state index in [0.717, 1.165) is 29.0 Å². The van der Waals surface area contributed by atoms with Crippen molar-refractivity contribution >= 4 is 22.7 Å². The third-order valence-corrected chi connectivity index (χ3v) is 2.31. The van der Waals surface area contributed by atoms with E-state index in [-0.39, 0.29) is 6.54 Å². The van der Waals surface area contributed by atoms with E-state index < -0.39 is 5.97 Å². The molecule has 1 aromatic carbocycles. The van der Waals surface area contributed by atoms with Crippen molar-refractivity contribution in [1.82, 2.24) is 9.97 Å². The predicted molar refractivity (Wildman–Crippen MR) is 61.6 cm³/mol. The van der Waals surface area contributed by atoms with Crippen LogP contribution in [0.3, 0.4) is 0 Å². The summed E-state index contributed by atoms with van der Waals surface area (Å²) < 4.78 is 0. The highest BCUT2D eigenvalue weighted by atomic mass is 16.4. The van der Waals surface area contributed by atoms with E-state index in [4.69, 9.17) is 5.11 Å². The second-order valence-electron chi connectivity index (χ2n) is 3.52. The molecule has 0 fully saturated rings. The van der Waals surface area contributed by atoms with Gasteiger partial charge in [0.15, 0.2) is 0 Å². The van der Waals surface area contributed by atoms with Crippen LogP contribution in [0.2, 0.25) is 0 Å². The zero-order chi connectivity index (χ0) is 11.5. The summed E-state index contributed by atoms with van der Waals surface area (Å²) in [7, 11) is 0. The number of carboxylic acid groups (broad SMARTS) is 1. The summed E-state index contributed by atoms with van der Waals surface area (Å²) in [5.41, 5.74) is 2.60. The highest BCUT2D eigenvalue weighted by molar-refractivity contribution is 5.80. The fourth-order valence-electron chi connectivity index (χ4n) is 1.52. The summed E-state index contributed by atoms with van der Waals surface area (Å²) in [6.07, 6.45) is 0.854. The molecule has 0 amide bonds. The van der Waals surface area contributed by atoms with Gasteiger partial charge in [0.05, 0.1) is 11.0 Å². The van der Waals surface area contributed by atoms with Crippen molar-refractivity contribution < 1.29 is 9.90 Å². The average Bonchev–Trinajstić information content (AvgIpc) is 2.68. The quantitative estimate of drug-likeness (QED) is 0.730. The smallest absolute Gasteiger partial charge is 0.322 e. The van der Waals surface area contributed by atoms with Crippen molar-refractivity contribution in [3.8, 4) is 0 Å². The largest absolute Gasteiger partial charge is 0.480 e. The van der Waals surface area contributed by atoms with Crippen LogP contribution in [0, 0.1) is 0 Å². The Bertz CT molecular complexity index is 519. The Hall–Kier alpha value is -2.04. The van der Waals surface area contributed by atoms with Crippen LogP contribution < -0.4 is 5.32 Å². The molecule has 1 aromatic heterocycles. The lowest BCUT2D eigenvalue weighted by Gasteiger charge is -2.02. The SMILES string of the molecule is CCc1nc2ccc(NCC(=O)O)cc2[nH]1. The number of aromatic amines is 1. The maximum atomic E-state index is 10.4. The van der Waals surface area contributed by atoms with Crippen molar-refractivity contribution in [3.63, 3.8) is 0 Å². The Morgan fingerprint density at radius 3 is 3.06 bits per heavy atom. The lowest BCUT2D eigenvalue weighted by Crippen LogP contribution is -2.12. The molecule has 5 heteroatoms. The molecular formula is C11H13N3O2. The average molecular weight is 219 g/mol. The number of rotatable bonds is 4. The Morgan fingerprint density at radius 2 is 2.38 bits per heavy atom. The monoisotopic (exact) mass is 219 g/mol. The summed E-state index contributed by atoms with van der Waals surface area (Å²) in [5.74, 6) is 0.0596. The molecule has 0 bridgehead atoms. The van der Waals surface area contributed by atoms with Crippen LogP contribution in [0.1, 0.15) is 12.7 Å². The molecule has 1 heterocycles. The molecule has 3 N–H and O–H groups in total. The van der Waals surface area contributed by atoms with E-state index in [2.05, 4.69) is 15.3 Å². The van der Waals surface area contributed by atoms with Crippen molar-refractivity contribution in [1.29, 1.82) is 0 Å². The van der Waals surface area contributed by atoms with Crippen molar-refractivity contribution in [2.75, 3.05) is 11.9 Å². The molecule has 84 valence electrons. The second-order valence-corrected chi connectivity index (χ2v) is 3.52. The van der Waals surface area contributed by atoms with Gasteiger partial charge in [-0.15, -0.1) is 0 Å². The number of aliphatic carboxylic acids is 1. The number of fused-ring (bicyclic) bond motifs is 1. The Balaban J connectivity index is 2.25. The van der Waals surface area contributed by atoms with Crippen molar-refractivity contribution in [3.05, 3.63) is 24.0 Å². The molecule has 2 aromatic rings. The zero-order valence-electron chi connectivity index (χ0n) is 8.95. The number of benzene rings is 1. The lowest BCUT2D eigenvalue weighted by atomic mass is 10.3. The first kappa shape index (κ1) is 10.5. The van der Waals surface area contributed by atoms with Crippen LogP contribution in [0.25, 0.3) is 11.0 Å². The number of nitrogens with zero attached hydrogens (tertiary/aromatic N) is 1.